The summed E-state index contributed by atoms with van der Waals surface area (Å²) in [5.41, 5.74) is 2.58. The monoisotopic (exact) mass is 481 g/mol. The second kappa shape index (κ2) is 9.03. The number of carbonyl (C=O) groups is 1. The van der Waals surface area contributed by atoms with Crippen LogP contribution in [0, 0.1) is 24.4 Å². The number of methoxy groups -OCH3 is 1. The summed E-state index contributed by atoms with van der Waals surface area (Å²) in [6.07, 6.45) is 7.87. The van der Waals surface area contributed by atoms with Gasteiger partial charge in [0.05, 0.1) is 24.8 Å². The van der Waals surface area contributed by atoms with Crippen molar-refractivity contribution in [2.24, 2.45) is 4.99 Å². The van der Waals surface area contributed by atoms with Gasteiger partial charge in [0, 0.05) is 19.3 Å². The molecule has 3 heterocycles. The number of rotatable bonds is 5. The average Bonchev–Trinajstić information content (AvgIpc) is 3.50. The summed E-state index contributed by atoms with van der Waals surface area (Å²) in [5, 5.41) is 3.52. The zero-order chi connectivity index (χ0) is 24.7. The van der Waals surface area contributed by atoms with Crippen molar-refractivity contribution in [3.8, 4) is 11.4 Å². The largest absolute Gasteiger partial charge is 0.495 e. The maximum atomic E-state index is 13.8. The van der Waals surface area contributed by atoms with E-state index in [0.29, 0.717) is 24.7 Å². The van der Waals surface area contributed by atoms with Crippen LogP contribution in [0.3, 0.4) is 0 Å². The van der Waals surface area contributed by atoms with Crippen LogP contribution in [-0.2, 0) is 4.79 Å². The molecule has 0 bridgehead atoms. The number of nitrogens with zero attached hydrogens (tertiary/aromatic N) is 5. The molecule has 0 spiro atoms. The van der Waals surface area contributed by atoms with Gasteiger partial charge in [0.2, 0.25) is 0 Å². The van der Waals surface area contributed by atoms with E-state index >= 15 is 0 Å². The van der Waals surface area contributed by atoms with Crippen LogP contribution in [0.15, 0.2) is 53.9 Å². The summed E-state index contributed by atoms with van der Waals surface area (Å²) in [4.78, 5) is 21.3. The fraction of sp³-hybridized carbons (Fsp3) is 0.240. The Morgan fingerprint density at radius 3 is 2.54 bits per heavy atom. The fourth-order valence-corrected chi connectivity index (χ4v) is 4.41. The molecule has 0 saturated carbocycles. The summed E-state index contributed by atoms with van der Waals surface area (Å²) in [5.74, 6) is -3.74. The zero-order valence-electron chi connectivity index (χ0n) is 19.1. The van der Waals surface area contributed by atoms with Gasteiger partial charge in [-0.25, -0.2) is 23.2 Å². The molecule has 0 aliphatic carbocycles. The van der Waals surface area contributed by atoms with Gasteiger partial charge < -0.3 is 9.30 Å². The number of halogens is 3. The van der Waals surface area contributed by atoms with E-state index in [9.17, 15) is 18.0 Å². The van der Waals surface area contributed by atoms with Crippen LogP contribution in [-0.4, -0.2) is 51.5 Å². The lowest BCUT2D eigenvalue weighted by Gasteiger charge is -2.38. The number of amides is 1. The molecular formula is C25H22F3N5O2. The molecule has 0 radical (unpaired) electrons. The number of ether oxygens (including phenoxy) is 1. The molecular weight excluding hydrogens is 459 g/mol. The van der Waals surface area contributed by atoms with E-state index < -0.39 is 29.4 Å². The number of carbonyl (C=O) groups excluding carboxylic acids is 1. The third-order valence-corrected chi connectivity index (χ3v) is 6.03. The van der Waals surface area contributed by atoms with Gasteiger partial charge in [0.15, 0.2) is 17.5 Å². The molecule has 3 aromatic rings. The summed E-state index contributed by atoms with van der Waals surface area (Å²) >= 11 is 0. The number of benzene rings is 2. The quantitative estimate of drug-likeness (QED) is 0.511. The molecule has 1 unspecified atom stereocenters. The van der Waals surface area contributed by atoms with Crippen LogP contribution in [0.5, 0.6) is 5.75 Å². The first-order valence-electron chi connectivity index (χ1n) is 11.0. The van der Waals surface area contributed by atoms with Crippen molar-refractivity contribution >= 4 is 17.8 Å². The topological polar surface area (TPSA) is 63.0 Å². The van der Waals surface area contributed by atoms with Crippen molar-refractivity contribution in [2.75, 3.05) is 20.2 Å². The fourth-order valence-electron chi connectivity index (χ4n) is 4.41. The Labute approximate surface area is 199 Å². The van der Waals surface area contributed by atoms with Crippen molar-refractivity contribution in [1.29, 1.82) is 0 Å². The van der Waals surface area contributed by atoms with E-state index in [-0.39, 0.29) is 5.56 Å². The molecule has 35 heavy (non-hydrogen) atoms. The Bertz CT molecular complexity index is 1340. The van der Waals surface area contributed by atoms with E-state index in [1.807, 2.05) is 47.0 Å². The summed E-state index contributed by atoms with van der Waals surface area (Å²) in [7, 11) is 1.59. The van der Waals surface area contributed by atoms with E-state index in [4.69, 9.17) is 4.74 Å². The van der Waals surface area contributed by atoms with E-state index in [1.54, 1.807) is 24.5 Å². The second-order valence-corrected chi connectivity index (χ2v) is 8.34. The molecule has 2 aliphatic rings. The number of hydrazine groups is 1. The normalized spacial score (nSPS) is 18.3. The molecule has 1 aromatic heterocycles. The Hall–Kier alpha value is -3.92. The predicted octanol–water partition coefficient (Wildman–Crippen LogP) is 4.22. The molecule has 7 nitrogen and oxygen atoms in total. The molecule has 1 atom stereocenters. The first kappa shape index (κ1) is 22.9. The van der Waals surface area contributed by atoms with Gasteiger partial charge in [-0.1, -0.05) is 12.1 Å². The molecule has 10 heteroatoms. The highest BCUT2D eigenvalue weighted by atomic mass is 19.2. The Morgan fingerprint density at radius 1 is 1.09 bits per heavy atom. The minimum absolute atomic E-state index is 0.0279. The standard InChI is InChI=1S/C25H22F3N5O2/c1-15-13-31(14-29-15)20-6-4-16(10-21(20)35-2)5-7-22-30-25(34)24(33-9-3-8-32(22)33)17-11-18(26)23(28)19(27)12-17/h4-7,10-14,24H,3,8-9H2,1-2H3/b7-5+. The third-order valence-electron chi connectivity index (χ3n) is 6.03. The van der Waals surface area contributed by atoms with Crippen LogP contribution in [0.2, 0.25) is 0 Å². The van der Waals surface area contributed by atoms with E-state index in [1.165, 1.54) is 0 Å². The highest BCUT2D eigenvalue weighted by Crippen LogP contribution is 2.33. The van der Waals surface area contributed by atoms with Gasteiger partial charge in [-0.3, -0.25) is 9.80 Å². The number of hydrogen-bond donors (Lipinski definition) is 0. The zero-order valence-corrected chi connectivity index (χ0v) is 19.1. The van der Waals surface area contributed by atoms with Crippen molar-refractivity contribution in [1.82, 2.24) is 19.6 Å². The number of amidine groups is 1. The number of imidazole rings is 1. The Balaban J connectivity index is 1.44. The Morgan fingerprint density at radius 2 is 1.86 bits per heavy atom. The molecule has 180 valence electrons. The lowest BCUT2D eigenvalue weighted by atomic mass is 10.0. The number of aliphatic imine (C=N–C) groups is 1. The van der Waals surface area contributed by atoms with Gasteiger partial charge in [-0.05, 0) is 54.8 Å². The van der Waals surface area contributed by atoms with Crippen LogP contribution in [0.4, 0.5) is 13.2 Å². The lowest BCUT2D eigenvalue weighted by Crippen LogP contribution is -2.49. The van der Waals surface area contributed by atoms with Crippen LogP contribution < -0.4 is 4.74 Å². The van der Waals surface area contributed by atoms with Gasteiger partial charge in [-0.15, -0.1) is 0 Å². The highest BCUT2D eigenvalue weighted by Gasteiger charge is 2.40. The minimum atomic E-state index is -1.56. The van der Waals surface area contributed by atoms with Gasteiger partial charge in [0.1, 0.15) is 17.6 Å². The first-order chi connectivity index (χ1) is 16.9. The van der Waals surface area contributed by atoms with Gasteiger partial charge in [0.25, 0.3) is 5.91 Å². The van der Waals surface area contributed by atoms with Crippen LogP contribution in [0.25, 0.3) is 11.8 Å². The maximum absolute atomic E-state index is 13.8. The van der Waals surface area contributed by atoms with Gasteiger partial charge >= 0.3 is 0 Å². The summed E-state index contributed by atoms with van der Waals surface area (Å²) in [6.45, 7) is 2.99. The van der Waals surface area contributed by atoms with Crippen molar-refractivity contribution < 1.29 is 22.7 Å². The van der Waals surface area contributed by atoms with E-state index in [2.05, 4.69) is 9.98 Å². The summed E-state index contributed by atoms with van der Waals surface area (Å²) in [6, 6.07) is 6.36. The number of fused-ring (bicyclic) bond motifs is 1. The predicted molar refractivity (Wildman–Crippen MR) is 123 cm³/mol. The number of aromatic nitrogens is 2. The van der Waals surface area contributed by atoms with Crippen molar-refractivity contribution in [2.45, 2.75) is 19.4 Å². The van der Waals surface area contributed by atoms with E-state index in [0.717, 1.165) is 35.5 Å². The molecule has 1 fully saturated rings. The Kier molecular flexibility index (Phi) is 5.89. The lowest BCUT2D eigenvalue weighted by molar-refractivity contribution is -0.129. The first-order valence-corrected chi connectivity index (χ1v) is 11.0. The summed E-state index contributed by atoms with van der Waals surface area (Å²) < 4.78 is 48.5. The average molecular weight is 481 g/mol. The van der Waals surface area contributed by atoms with Crippen molar-refractivity contribution in [3.05, 3.63) is 83.2 Å². The number of aryl methyl sites for hydroxylation is 1. The minimum Gasteiger partial charge on any atom is -0.495 e. The van der Waals surface area contributed by atoms with Crippen LogP contribution in [0.1, 0.15) is 29.3 Å². The molecule has 1 saturated heterocycles. The van der Waals surface area contributed by atoms with Crippen LogP contribution >= 0.6 is 0 Å². The second-order valence-electron chi connectivity index (χ2n) is 8.34. The smallest absolute Gasteiger partial charge is 0.271 e. The van der Waals surface area contributed by atoms with Crippen molar-refractivity contribution in [3.63, 3.8) is 0 Å². The number of hydrogen-bond acceptors (Lipinski definition) is 5. The SMILES string of the molecule is COc1cc(/C=C/C2=NC(=O)C(c3cc(F)c(F)c(F)c3)N3CCCN23)ccc1-n1cnc(C)c1. The molecule has 2 aliphatic heterocycles. The highest BCUT2D eigenvalue weighted by molar-refractivity contribution is 6.06. The third kappa shape index (κ3) is 4.21. The molecule has 0 N–H and O–H groups in total. The maximum Gasteiger partial charge on any atom is 0.271 e. The molecule has 1 amide bonds. The molecule has 5 rings (SSSR count). The van der Waals surface area contributed by atoms with Gasteiger partial charge in [-0.2, -0.15) is 4.99 Å². The molecule has 2 aromatic carbocycles.